The molecule has 1 N–H and O–H groups in total. The summed E-state index contributed by atoms with van der Waals surface area (Å²) in [7, 11) is 1.58. The number of rotatable bonds is 2. The van der Waals surface area contributed by atoms with Crippen molar-refractivity contribution in [3.8, 4) is 11.4 Å². The van der Waals surface area contributed by atoms with E-state index in [-0.39, 0.29) is 5.56 Å². The first-order chi connectivity index (χ1) is 10.0. The van der Waals surface area contributed by atoms with Crippen molar-refractivity contribution >= 4 is 33.8 Å². The van der Waals surface area contributed by atoms with E-state index in [0.717, 1.165) is 15.3 Å². The number of benzene rings is 1. The van der Waals surface area contributed by atoms with Crippen LogP contribution in [0.3, 0.4) is 0 Å². The fourth-order valence-corrected chi connectivity index (χ4v) is 3.76. The van der Waals surface area contributed by atoms with Crippen LogP contribution in [0.25, 0.3) is 15.9 Å². The highest BCUT2D eigenvalue weighted by Crippen LogP contribution is 2.27. The Morgan fingerprint density at radius 3 is 2.71 bits per heavy atom. The number of para-hydroxylation sites is 2. The Labute approximate surface area is 130 Å². The van der Waals surface area contributed by atoms with Gasteiger partial charge in [0.1, 0.15) is 10.6 Å². The van der Waals surface area contributed by atoms with Crippen molar-refractivity contribution < 1.29 is 4.74 Å². The van der Waals surface area contributed by atoms with Crippen LogP contribution in [-0.2, 0) is 0 Å². The molecular weight excluding hydrogens is 304 g/mol. The van der Waals surface area contributed by atoms with E-state index in [1.807, 2.05) is 38.1 Å². The van der Waals surface area contributed by atoms with Gasteiger partial charge in [0, 0.05) is 4.88 Å². The summed E-state index contributed by atoms with van der Waals surface area (Å²) in [5, 5.41) is 0.692. The summed E-state index contributed by atoms with van der Waals surface area (Å²) in [6, 6.07) is 7.35. The maximum atomic E-state index is 12.9. The number of fused-ring (bicyclic) bond motifs is 1. The minimum Gasteiger partial charge on any atom is -0.495 e. The fourth-order valence-electron chi connectivity index (χ4n) is 2.36. The minimum absolute atomic E-state index is 0.111. The fraction of sp³-hybridized carbons (Fsp3) is 0.200. The Kier molecular flexibility index (Phi) is 3.43. The van der Waals surface area contributed by atoms with Gasteiger partial charge in [-0.15, -0.1) is 11.3 Å². The summed E-state index contributed by atoms with van der Waals surface area (Å²) in [5.41, 5.74) is 1.53. The molecule has 0 amide bonds. The summed E-state index contributed by atoms with van der Waals surface area (Å²) in [6.07, 6.45) is 0. The normalized spacial score (nSPS) is 11.0. The first kappa shape index (κ1) is 14.0. The summed E-state index contributed by atoms with van der Waals surface area (Å²) in [4.78, 5) is 18.0. The van der Waals surface area contributed by atoms with Gasteiger partial charge in [-0.25, -0.2) is 4.57 Å². The van der Waals surface area contributed by atoms with Gasteiger partial charge in [-0.05, 0) is 43.8 Å². The van der Waals surface area contributed by atoms with Crippen LogP contribution in [0, 0.1) is 18.6 Å². The van der Waals surface area contributed by atoms with Crippen molar-refractivity contribution in [1.29, 1.82) is 0 Å². The van der Waals surface area contributed by atoms with Crippen LogP contribution in [0.2, 0.25) is 0 Å². The number of H-pyrrole nitrogens is 1. The third-order valence-electron chi connectivity index (χ3n) is 3.55. The lowest BCUT2D eigenvalue weighted by Gasteiger charge is -2.11. The van der Waals surface area contributed by atoms with Gasteiger partial charge >= 0.3 is 0 Å². The average molecular weight is 318 g/mol. The molecule has 0 radical (unpaired) electrons. The molecule has 0 saturated heterocycles. The minimum atomic E-state index is -0.111. The molecule has 0 bridgehead atoms. The number of hydrogen-bond acceptors (Lipinski definition) is 4. The van der Waals surface area contributed by atoms with Crippen molar-refractivity contribution in [1.82, 2.24) is 9.55 Å². The Morgan fingerprint density at radius 2 is 2.00 bits per heavy atom. The molecule has 0 unspecified atom stereocenters. The smallest absolute Gasteiger partial charge is 0.268 e. The van der Waals surface area contributed by atoms with Gasteiger partial charge in [0.2, 0.25) is 0 Å². The van der Waals surface area contributed by atoms with E-state index < -0.39 is 0 Å². The summed E-state index contributed by atoms with van der Waals surface area (Å²) in [6.45, 7) is 3.96. The molecule has 0 saturated carbocycles. The number of hydrogen-bond donors (Lipinski definition) is 1. The average Bonchev–Trinajstić information content (AvgIpc) is 2.74. The number of aromatic amines is 1. The van der Waals surface area contributed by atoms with Crippen LogP contribution in [0.1, 0.15) is 10.4 Å². The number of nitrogens with zero attached hydrogens (tertiary/aromatic N) is 1. The number of nitrogens with one attached hydrogen (secondary N) is 1. The van der Waals surface area contributed by atoms with E-state index in [4.69, 9.17) is 17.0 Å². The second-order valence-corrected chi connectivity index (χ2v) is 6.34. The van der Waals surface area contributed by atoms with Gasteiger partial charge in [0.25, 0.3) is 5.56 Å². The molecule has 3 rings (SSSR count). The van der Waals surface area contributed by atoms with Crippen LogP contribution in [0.5, 0.6) is 5.75 Å². The Bertz CT molecular complexity index is 950. The maximum Gasteiger partial charge on any atom is 0.268 e. The lowest BCUT2D eigenvalue weighted by Crippen LogP contribution is -2.20. The Balaban J connectivity index is 2.46. The van der Waals surface area contributed by atoms with Gasteiger partial charge in [0.05, 0.1) is 18.2 Å². The topological polar surface area (TPSA) is 47.0 Å². The SMILES string of the molecule is COc1ccccc1-n1c(=S)[nH]c2sc(C)c(C)c2c1=O. The van der Waals surface area contributed by atoms with Crippen LogP contribution >= 0.6 is 23.6 Å². The first-order valence-electron chi connectivity index (χ1n) is 6.43. The first-order valence-corrected chi connectivity index (χ1v) is 7.65. The summed E-state index contributed by atoms with van der Waals surface area (Å²) >= 11 is 6.92. The van der Waals surface area contributed by atoms with Crippen LogP contribution in [0.15, 0.2) is 29.1 Å². The highest BCUT2D eigenvalue weighted by molar-refractivity contribution is 7.71. The monoisotopic (exact) mass is 318 g/mol. The second kappa shape index (κ2) is 5.13. The largest absolute Gasteiger partial charge is 0.495 e. The highest BCUT2D eigenvalue weighted by Gasteiger charge is 2.15. The lowest BCUT2D eigenvalue weighted by atomic mass is 10.2. The van der Waals surface area contributed by atoms with Crippen molar-refractivity contribution in [3.63, 3.8) is 0 Å². The number of ether oxygens (including phenoxy) is 1. The molecule has 4 nitrogen and oxygen atoms in total. The standard InChI is InChI=1S/C15H14N2O2S2/c1-8-9(2)21-13-12(8)14(18)17(15(20)16-13)10-6-4-5-7-11(10)19-3/h4-7H,1-3H3,(H,16,20). The van der Waals surface area contributed by atoms with Gasteiger partial charge in [0.15, 0.2) is 4.77 Å². The van der Waals surface area contributed by atoms with Crippen LogP contribution < -0.4 is 10.3 Å². The summed E-state index contributed by atoms with van der Waals surface area (Å²) in [5.74, 6) is 0.614. The second-order valence-electron chi connectivity index (χ2n) is 4.73. The molecular formula is C15H14N2O2S2. The van der Waals surface area contributed by atoms with E-state index in [0.29, 0.717) is 21.6 Å². The van der Waals surface area contributed by atoms with Crippen LogP contribution in [0.4, 0.5) is 0 Å². The molecule has 108 valence electrons. The van der Waals surface area contributed by atoms with E-state index in [2.05, 4.69) is 4.98 Å². The van der Waals surface area contributed by atoms with E-state index in [1.165, 1.54) is 4.57 Å². The molecule has 3 aromatic rings. The van der Waals surface area contributed by atoms with E-state index in [9.17, 15) is 4.79 Å². The number of thiophene rings is 1. The third kappa shape index (κ3) is 2.11. The molecule has 0 spiro atoms. The lowest BCUT2D eigenvalue weighted by molar-refractivity contribution is 0.412. The molecule has 0 aliphatic carbocycles. The zero-order valence-corrected chi connectivity index (χ0v) is 13.5. The highest BCUT2D eigenvalue weighted by atomic mass is 32.1. The number of aromatic nitrogens is 2. The predicted molar refractivity (Wildman–Crippen MR) is 88.6 cm³/mol. The van der Waals surface area contributed by atoms with Crippen molar-refractivity contribution in [3.05, 3.63) is 49.8 Å². The molecule has 0 fully saturated rings. The molecule has 0 atom stereocenters. The molecule has 6 heteroatoms. The quantitative estimate of drug-likeness (QED) is 0.732. The zero-order valence-electron chi connectivity index (χ0n) is 11.9. The van der Waals surface area contributed by atoms with E-state index in [1.54, 1.807) is 18.4 Å². The maximum absolute atomic E-state index is 12.9. The Hall–Kier alpha value is -1.92. The molecule has 1 aromatic carbocycles. The van der Waals surface area contributed by atoms with Crippen molar-refractivity contribution in [2.45, 2.75) is 13.8 Å². The molecule has 21 heavy (non-hydrogen) atoms. The molecule has 0 aliphatic rings. The third-order valence-corrected chi connectivity index (χ3v) is 4.96. The molecule has 2 heterocycles. The van der Waals surface area contributed by atoms with Crippen LogP contribution in [-0.4, -0.2) is 16.7 Å². The molecule has 0 aliphatic heterocycles. The Morgan fingerprint density at radius 1 is 1.29 bits per heavy atom. The summed E-state index contributed by atoms with van der Waals surface area (Å²) < 4.78 is 7.21. The number of aryl methyl sites for hydroxylation is 2. The van der Waals surface area contributed by atoms with Gasteiger partial charge < -0.3 is 9.72 Å². The molecule has 2 aromatic heterocycles. The predicted octanol–water partition coefficient (Wildman–Crippen LogP) is 3.74. The van der Waals surface area contributed by atoms with Gasteiger partial charge in [-0.3, -0.25) is 4.79 Å². The zero-order chi connectivity index (χ0) is 15.1. The van der Waals surface area contributed by atoms with E-state index >= 15 is 0 Å². The van der Waals surface area contributed by atoms with Crippen molar-refractivity contribution in [2.24, 2.45) is 0 Å². The van der Waals surface area contributed by atoms with Gasteiger partial charge in [-0.1, -0.05) is 12.1 Å². The number of methoxy groups -OCH3 is 1. The van der Waals surface area contributed by atoms with Crippen molar-refractivity contribution in [2.75, 3.05) is 7.11 Å². The van der Waals surface area contributed by atoms with Gasteiger partial charge in [-0.2, -0.15) is 0 Å².